The topological polar surface area (TPSA) is 61.4 Å². The summed E-state index contributed by atoms with van der Waals surface area (Å²) in [5.41, 5.74) is 0.291. The number of anilines is 1. The van der Waals surface area contributed by atoms with Crippen molar-refractivity contribution in [3.8, 4) is 0 Å². The van der Waals surface area contributed by atoms with E-state index in [1.54, 1.807) is 4.90 Å². The van der Waals surface area contributed by atoms with Crippen LogP contribution in [0, 0.1) is 5.82 Å². The van der Waals surface area contributed by atoms with Crippen molar-refractivity contribution >= 4 is 29.2 Å². The summed E-state index contributed by atoms with van der Waals surface area (Å²) in [6.45, 7) is 1.42. The SMILES string of the molecule is O=C(NCC(=O)N1CCCC1)Nc1ccc(F)cc1Cl. The van der Waals surface area contributed by atoms with Gasteiger partial charge in [-0.1, -0.05) is 11.6 Å². The second-order valence-electron chi connectivity index (χ2n) is 4.52. The first-order valence-corrected chi connectivity index (χ1v) is 6.72. The molecule has 1 saturated heterocycles. The van der Waals surface area contributed by atoms with Gasteiger partial charge in [0.25, 0.3) is 0 Å². The number of likely N-dealkylation sites (tertiary alicyclic amines) is 1. The summed E-state index contributed by atoms with van der Waals surface area (Å²) in [6, 6.07) is 3.11. The summed E-state index contributed by atoms with van der Waals surface area (Å²) >= 11 is 5.78. The standard InChI is InChI=1S/C13H15ClFN3O2/c14-10-7-9(15)3-4-11(10)17-13(20)16-8-12(19)18-5-1-2-6-18/h3-4,7H,1-2,5-6,8H2,(H2,16,17,20). The monoisotopic (exact) mass is 299 g/mol. The number of hydrogen-bond acceptors (Lipinski definition) is 2. The molecule has 0 bridgehead atoms. The molecule has 0 saturated carbocycles. The maximum absolute atomic E-state index is 12.8. The summed E-state index contributed by atoms with van der Waals surface area (Å²) in [7, 11) is 0. The Kier molecular flexibility index (Phi) is 4.79. The lowest BCUT2D eigenvalue weighted by molar-refractivity contribution is -0.128. The molecule has 0 spiro atoms. The summed E-state index contributed by atoms with van der Waals surface area (Å²) in [4.78, 5) is 25.1. The van der Waals surface area contributed by atoms with Crippen molar-refractivity contribution in [2.24, 2.45) is 0 Å². The number of carbonyl (C=O) groups excluding carboxylic acids is 2. The molecule has 0 aliphatic carbocycles. The van der Waals surface area contributed by atoms with E-state index in [9.17, 15) is 14.0 Å². The predicted octanol–water partition coefficient (Wildman–Crippen LogP) is 2.22. The quantitative estimate of drug-likeness (QED) is 0.899. The highest BCUT2D eigenvalue weighted by Gasteiger charge is 2.18. The van der Waals surface area contributed by atoms with E-state index in [4.69, 9.17) is 11.6 Å². The van der Waals surface area contributed by atoms with Gasteiger partial charge in [-0.15, -0.1) is 0 Å². The van der Waals surface area contributed by atoms with Gasteiger partial charge in [-0.2, -0.15) is 0 Å². The third kappa shape index (κ3) is 3.84. The molecule has 0 radical (unpaired) electrons. The van der Waals surface area contributed by atoms with Gasteiger partial charge >= 0.3 is 6.03 Å². The first kappa shape index (κ1) is 14.6. The van der Waals surface area contributed by atoms with Crippen molar-refractivity contribution in [2.45, 2.75) is 12.8 Å². The molecule has 7 heteroatoms. The van der Waals surface area contributed by atoms with Crippen LogP contribution in [-0.4, -0.2) is 36.5 Å². The Labute approximate surface area is 121 Å². The Morgan fingerprint density at radius 2 is 2.00 bits per heavy atom. The Hall–Kier alpha value is -1.82. The molecule has 1 fully saturated rings. The third-order valence-corrected chi connectivity index (χ3v) is 3.35. The molecule has 3 amide bonds. The molecular weight excluding hydrogens is 285 g/mol. The second-order valence-corrected chi connectivity index (χ2v) is 4.93. The molecule has 0 aromatic heterocycles. The number of hydrogen-bond donors (Lipinski definition) is 2. The van der Waals surface area contributed by atoms with E-state index < -0.39 is 11.8 Å². The molecule has 1 heterocycles. The number of benzene rings is 1. The average molecular weight is 300 g/mol. The smallest absolute Gasteiger partial charge is 0.319 e. The summed E-state index contributed by atoms with van der Waals surface area (Å²) < 4.78 is 12.8. The van der Waals surface area contributed by atoms with Crippen molar-refractivity contribution in [2.75, 3.05) is 25.0 Å². The van der Waals surface area contributed by atoms with Gasteiger partial charge in [0.1, 0.15) is 5.82 Å². The van der Waals surface area contributed by atoms with Gasteiger partial charge in [0, 0.05) is 13.1 Å². The molecule has 1 aromatic carbocycles. The fraction of sp³-hybridized carbons (Fsp3) is 0.385. The average Bonchev–Trinajstić information content (AvgIpc) is 2.93. The van der Waals surface area contributed by atoms with Crippen LogP contribution in [0.5, 0.6) is 0 Å². The van der Waals surface area contributed by atoms with E-state index in [2.05, 4.69) is 10.6 Å². The Balaban J connectivity index is 1.81. The highest BCUT2D eigenvalue weighted by atomic mass is 35.5. The van der Waals surface area contributed by atoms with Crippen LogP contribution in [0.15, 0.2) is 18.2 Å². The number of nitrogens with zero attached hydrogens (tertiary/aromatic N) is 1. The summed E-state index contributed by atoms with van der Waals surface area (Å²) in [6.07, 6.45) is 2.01. The summed E-state index contributed by atoms with van der Waals surface area (Å²) in [5, 5.41) is 5.02. The van der Waals surface area contributed by atoms with Crippen LogP contribution in [0.3, 0.4) is 0 Å². The minimum atomic E-state index is -0.550. The molecule has 5 nitrogen and oxygen atoms in total. The van der Waals surface area contributed by atoms with Crippen LogP contribution in [0.1, 0.15) is 12.8 Å². The molecule has 0 unspecified atom stereocenters. The van der Waals surface area contributed by atoms with Gasteiger partial charge in [-0.25, -0.2) is 9.18 Å². The van der Waals surface area contributed by atoms with Gasteiger partial charge in [0.15, 0.2) is 0 Å². The second kappa shape index (κ2) is 6.56. The van der Waals surface area contributed by atoms with E-state index in [1.807, 2.05) is 0 Å². The zero-order chi connectivity index (χ0) is 14.5. The number of rotatable bonds is 3. The minimum absolute atomic E-state index is 0.0648. The lowest BCUT2D eigenvalue weighted by atomic mass is 10.3. The molecule has 1 aromatic rings. The zero-order valence-corrected chi connectivity index (χ0v) is 11.5. The minimum Gasteiger partial charge on any atom is -0.341 e. The maximum Gasteiger partial charge on any atom is 0.319 e. The molecule has 108 valence electrons. The Morgan fingerprint density at radius 1 is 1.30 bits per heavy atom. The number of amides is 3. The Bertz CT molecular complexity index is 518. The van der Waals surface area contributed by atoms with Gasteiger partial charge in [0.05, 0.1) is 17.3 Å². The highest BCUT2D eigenvalue weighted by Crippen LogP contribution is 2.22. The number of urea groups is 1. The van der Waals surface area contributed by atoms with Crippen LogP contribution in [0.25, 0.3) is 0 Å². The van der Waals surface area contributed by atoms with Crippen molar-refractivity contribution in [1.82, 2.24) is 10.2 Å². The number of carbonyl (C=O) groups is 2. The van der Waals surface area contributed by atoms with Crippen LogP contribution in [0.4, 0.5) is 14.9 Å². The predicted molar refractivity (Wildman–Crippen MR) is 74.2 cm³/mol. The fourth-order valence-corrected chi connectivity index (χ4v) is 2.21. The summed E-state index contributed by atoms with van der Waals surface area (Å²) in [5.74, 6) is -0.590. The van der Waals surface area contributed by atoms with Gasteiger partial charge in [0.2, 0.25) is 5.91 Å². The normalized spacial score (nSPS) is 14.2. The van der Waals surface area contributed by atoms with Gasteiger partial charge in [-0.3, -0.25) is 4.79 Å². The lowest BCUT2D eigenvalue weighted by Gasteiger charge is -2.15. The molecule has 20 heavy (non-hydrogen) atoms. The first-order chi connectivity index (χ1) is 9.56. The van der Waals surface area contributed by atoms with Gasteiger partial charge in [-0.05, 0) is 31.0 Å². The number of halogens is 2. The first-order valence-electron chi connectivity index (χ1n) is 6.34. The van der Waals surface area contributed by atoms with E-state index >= 15 is 0 Å². The van der Waals surface area contributed by atoms with Crippen molar-refractivity contribution in [1.29, 1.82) is 0 Å². The molecule has 1 aliphatic rings. The van der Waals surface area contributed by atoms with Crippen LogP contribution in [0.2, 0.25) is 5.02 Å². The molecular formula is C13H15ClFN3O2. The zero-order valence-electron chi connectivity index (χ0n) is 10.8. The lowest BCUT2D eigenvalue weighted by Crippen LogP contribution is -2.40. The van der Waals surface area contributed by atoms with Crippen molar-refractivity contribution < 1.29 is 14.0 Å². The highest BCUT2D eigenvalue weighted by molar-refractivity contribution is 6.33. The van der Waals surface area contributed by atoms with Crippen LogP contribution in [-0.2, 0) is 4.79 Å². The molecule has 2 rings (SSSR count). The molecule has 0 atom stereocenters. The van der Waals surface area contributed by atoms with E-state index in [0.717, 1.165) is 32.0 Å². The Morgan fingerprint density at radius 3 is 2.65 bits per heavy atom. The van der Waals surface area contributed by atoms with E-state index in [-0.39, 0.29) is 17.5 Å². The maximum atomic E-state index is 12.8. The fourth-order valence-electron chi connectivity index (χ4n) is 1.99. The van der Waals surface area contributed by atoms with Crippen LogP contribution >= 0.6 is 11.6 Å². The third-order valence-electron chi connectivity index (χ3n) is 3.04. The van der Waals surface area contributed by atoms with E-state index in [0.29, 0.717) is 5.69 Å². The van der Waals surface area contributed by atoms with Gasteiger partial charge < -0.3 is 15.5 Å². The molecule has 1 aliphatic heterocycles. The number of nitrogens with one attached hydrogen (secondary N) is 2. The largest absolute Gasteiger partial charge is 0.341 e. The van der Waals surface area contributed by atoms with E-state index in [1.165, 1.54) is 12.1 Å². The molecule has 2 N–H and O–H groups in total. The van der Waals surface area contributed by atoms with Crippen LogP contribution < -0.4 is 10.6 Å². The van der Waals surface area contributed by atoms with Crippen molar-refractivity contribution in [3.05, 3.63) is 29.0 Å². The van der Waals surface area contributed by atoms with Crippen molar-refractivity contribution in [3.63, 3.8) is 0 Å².